The zero-order valence-electron chi connectivity index (χ0n) is 15.7. The summed E-state index contributed by atoms with van der Waals surface area (Å²) in [6.45, 7) is 24.8. The first-order valence-corrected chi connectivity index (χ1v) is 8.10. The summed E-state index contributed by atoms with van der Waals surface area (Å²) < 4.78 is 2.49. The molecule has 0 spiro atoms. The Kier molecular flexibility index (Phi) is 7.06. The molecule has 0 aromatic heterocycles. The third-order valence-electron chi connectivity index (χ3n) is 3.20. The third-order valence-corrected chi connectivity index (χ3v) is 3.20. The van der Waals surface area contributed by atoms with E-state index in [4.69, 9.17) is 0 Å². The highest BCUT2D eigenvalue weighted by atomic mass is 15.4. The van der Waals surface area contributed by atoms with Crippen LogP contribution in [0.5, 0.6) is 0 Å². The fraction of sp³-hybridized carbons (Fsp3) is 0.941. The molecule has 0 heterocycles. The van der Waals surface area contributed by atoms with Crippen LogP contribution in [0.2, 0.25) is 0 Å². The van der Waals surface area contributed by atoms with Crippen LogP contribution in [0.4, 0.5) is 0 Å². The Bertz CT molecular complexity index is 302. The molecule has 0 fully saturated rings. The summed E-state index contributed by atoms with van der Waals surface area (Å²) >= 11 is 0. The standard InChI is InChI=1S/C17H37N3/c1-12(2)19(13(3)4)16(18-17(9,10)11)20(14(5)6)15(7)8/h12-15H,1-11H3/p+1. The van der Waals surface area contributed by atoms with Crippen LogP contribution >= 0.6 is 0 Å². The highest BCUT2D eigenvalue weighted by Crippen LogP contribution is 2.12. The molecule has 0 aliphatic rings. The van der Waals surface area contributed by atoms with Gasteiger partial charge in [-0.1, -0.05) is 0 Å². The minimum absolute atomic E-state index is 0.0550. The van der Waals surface area contributed by atoms with Gasteiger partial charge in [0.15, 0.2) is 0 Å². The van der Waals surface area contributed by atoms with E-state index < -0.39 is 0 Å². The lowest BCUT2D eigenvalue weighted by atomic mass is 10.1. The first-order valence-electron chi connectivity index (χ1n) is 8.10. The summed E-state index contributed by atoms with van der Waals surface area (Å²) in [6.07, 6.45) is 0. The minimum atomic E-state index is 0.0550. The third kappa shape index (κ3) is 5.72. The molecule has 20 heavy (non-hydrogen) atoms. The predicted octanol–water partition coefficient (Wildman–Crippen LogP) is 3.68. The van der Waals surface area contributed by atoms with Gasteiger partial charge in [0.25, 0.3) is 0 Å². The predicted molar refractivity (Wildman–Crippen MR) is 90.5 cm³/mol. The molecular formula is C17H38N3+. The normalized spacial score (nSPS) is 12.6. The maximum Gasteiger partial charge on any atom is 0.349 e. The molecule has 0 aromatic rings. The molecule has 0 aliphatic heterocycles. The van der Waals surface area contributed by atoms with Crippen LogP contribution in [0.1, 0.15) is 76.2 Å². The Labute approximate surface area is 127 Å². The maximum absolute atomic E-state index is 3.75. The molecule has 3 heteroatoms. The lowest BCUT2D eigenvalue weighted by molar-refractivity contribution is -0.594. The summed E-state index contributed by atoms with van der Waals surface area (Å²) in [5, 5.41) is 3.75. The Morgan fingerprint density at radius 2 is 1.15 bits per heavy atom. The highest BCUT2D eigenvalue weighted by Gasteiger charge is 2.33. The van der Waals surface area contributed by atoms with Crippen molar-refractivity contribution in [3.63, 3.8) is 0 Å². The Morgan fingerprint density at radius 1 is 0.800 bits per heavy atom. The smallest absolute Gasteiger partial charge is 0.273 e. The van der Waals surface area contributed by atoms with Gasteiger partial charge >= 0.3 is 5.96 Å². The molecule has 0 saturated carbocycles. The topological polar surface area (TPSA) is 18.3 Å². The van der Waals surface area contributed by atoms with Crippen molar-refractivity contribution in [2.45, 2.75) is 106 Å². The molecule has 0 radical (unpaired) electrons. The SMILES string of the molecule is CC(C)N(C(NC(C)(C)C)=[N+](C(C)C)C(C)C)C(C)C. The van der Waals surface area contributed by atoms with Crippen LogP contribution in [0.3, 0.4) is 0 Å². The molecule has 3 nitrogen and oxygen atoms in total. The van der Waals surface area contributed by atoms with Gasteiger partial charge in [0.05, 0.1) is 29.7 Å². The quantitative estimate of drug-likeness (QED) is 0.482. The van der Waals surface area contributed by atoms with Crippen LogP contribution in [0.15, 0.2) is 0 Å². The number of hydrogen-bond donors (Lipinski definition) is 1. The number of guanidine groups is 1. The second-order valence-electron chi connectivity index (χ2n) is 7.89. The summed E-state index contributed by atoms with van der Waals surface area (Å²) in [5.74, 6) is 1.26. The number of nitrogens with one attached hydrogen (secondary N) is 1. The van der Waals surface area contributed by atoms with E-state index in [1.165, 1.54) is 5.96 Å². The van der Waals surface area contributed by atoms with Gasteiger partial charge in [-0.2, -0.15) is 0 Å². The van der Waals surface area contributed by atoms with Crippen LogP contribution in [-0.4, -0.2) is 45.1 Å². The molecule has 0 unspecified atom stereocenters. The van der Waals surface area contributed by atoms with Gasteiger partial charge in [-0.05, 0) is 76.2 Å². The van der Waals surface area contributed by atoms with Crippen molar-refractivity contribution in [2.75, 3.05) is 0 Å². The molecule has 1 N–H and O–H groups in total. The fourth-order valence-electron chi connectivity index (χ4n) is 2.77. The van der Waals surface area contributed by atoms with Crippen LogP contribution < -0.4 is 5.32 Å². The molecule has 0 aliphatic carbocycles. The van der Waals surface area contributed by atoms with E-state index in [9.17, 15) is 0 Å². The van der Waals surface area contributed by atoms with Crippen molar-refractivity contribution >= 4 is 5.96 Å². The van der Waals surface area contributed by atoms with E-state index in [0.29, 0.717) is 24.2 Å². The molecule has 0 amide bonds. The second-order valence-corrected chi connectivity index (χ2v) is 7.89. The largest absolute Gasteiger partial charge is 0.349 e. The molecule has 0 atom stereocenters. The van der Waals surface area contributed by atoms with E-state index in [1.54, 1.807) is 0 Å². The summed E-state index contributed by atoms with van der Waals surface area (Å²) in [4.78, 5) is 2.49. The van der Waals surface area contributed by atoms with E-state index in [2.05, 4.69) is 91.0 Å². The zero-order valence-corrected chi connectivity index (χ0v) is 15.7. The van der Waals surface area contributed by atoms with E-state index >= 15 is 0 Å². The minimum Gasteiger partial charge on any atom is -0.273 e. The van der Waals surface area contributed by atoms with Gasteiger partial charge in [-0.3, -0.25) is 14.8 Å². The van der Waals surface area contributed by atoms with Gasteiger partial charge < -0.3 is 0 Å². The molecule has 0 aromatic carbocycles. The fourth-order valence-corrected chi connectivity index (χ4v) is 2.77. The van der Waals surface area contributed by atoms with Gasteiger partial charge in [0, 0.05) is 0 Å². The molecule has 0 rings (SSSR count). The maximum atomic E-state index is 3.75. The zero-order chi connectivity index (χ0) is 16.2. The first-order chi connectivity index (χ1) is 8.88. The van der Waals surface area contributed by atoms with Crippen molar-refractivity contribution < 1.29 is 4.58 Å². The van der Waals surface area contributed by atoms with E-state index in [1.807, 2.05) is 0 Å². The Morgan fingerprint density at radius 3 is 1.35 bits per heavy atom. The molecule has 0 saturated heterocycles. The number of rotatable bonds is 4. The first kappa shape index (κ1) is 19.3. The van der Waals surface area contributed by atoms with Crippen molar-refractivity contribution in [1.82, 2.24) is 10.2 Å². The summed E-state index contributed by atoms with van der Waals surface area (Å²) in [7, 11) is 0. The second kappa shape index (κ2) is 7.33. The van der Waals surface area contributed by atoms with Gasteiger partial charge in [0.1, 0.15) is 0 Å². The lowest BCUT2D eigenvalue weighted by Crippen LogP contribution is -2.59. The van der Waals surface area contributed by atoms with Gasteiger partial charge in [-0.25, -0.2) is 0 Å². The molecule has 120 valence electrons. The number of nitrogens with zero attached hydrogens (tertiary/aromatic N) is 2. The van der Waals surface area contributed by atoms with Crippen molar-refractivity contribution in [3.05, 3.63) is 0 Å². The lowest BCUT2D eigenvalue weighted by Gasteiger charge is -2.35. The van der Waals surface area contributed by atoms with E-state index in [0.717, 1.165) is 0 Å². The van der Waals surface area contributed by atoms with Crippen molar-refractivity contribution in [2.24, 2.45) is 0 Å². The Hall–Kier alpha value is -0.730. The van der Waals surface area contributed by atoms with Crippen LogP contribution in [-0.2, 0) is 0 Å². The van der Waals surface area contributed by atoms with Crippen LogP contribution in [0.25, 0.3) is 0 Å². The number of hydrogen-bond acceptors (Lipinski definition) is 0. The monoisotopic (exact) mass is 284 g/mol. The van der Waals surface area contributed by atoms with E-state index in [-0.39, 0.29) is 5.54 Å². The van der Waals surface area contributed by atoms with Crippen molar-refractivity contribution in [3.8, 4) is 0 Å². The van der Waals surface area contributed by atoms with Gasteiger partial charge in [0.2, 0.25) is 0 Å². The summed E-state index contributed by atoms with van der Waals surface area (Å²) in [6, 6.07) is 1.89. The van der Waals surface area contributed by atoms with Crippen molar-refractivity contribution in [1.29, 1.82) is 0 Å². The average molecular weight is 285 g/mol. The molecular weight excluding hydrogens is 246 g/mol. The Balaban J connectivity index is 5.97. The van der Waals surface area contributed by atoms with Crippen LogP contribution in [0, 0.1) is 0 Å². The molecule has 0 bridgehead atoms. The van der Waals surface area contributed by atoms with Gasteiger partial charge in [-0.15, -0.1) is 0 Å². The highest BCUT2D eigenvalue weighted by molar-refractivity contribution is 5.76. The average Bonchev–Trinajstić information content (AvgIpc) is 2.11. The summed E-state index contributed by atoms with van der Waals surface area (Å²) in [5.41, 5.74) is 0.0550.